The van der Waals surface area contributed by atoms with Crippen LogP contribution in [-0.4, -0.2) is 33.7 Å². The van der Waals surface area contributed by atoms with Gasteiger partial charge >= 0.3 is 11.9 Å². The molecule has 0 aliphatic carbocycles. The largest absolute Gasteiger partial charge is 0.480 e. The topological polar surface area (TPSA) is 123 Å². The van der Waals surface area contributed by atoms with Gasteiger partial charge < -0.3 is 14.8 Å². The van der Waals surface area contributed by atoms with Crippen LogP contribution in [-0.2, 0) is 15.3 Å². The average Bonchev–Trinajstić information content (AvgIpc) is 2.81. The summed E-state index contributed by atoms with van der Waals surface area (Å²) in [5, 5.41) is 21.6. The maximum atomic E-state index is 10.9. The number of hydrogen-bond acceptors (Lipinski definition) is 6. The number of hydrogen-bond donors (Lipinski definition) is 2. The van der Waals surface area contributed by atoms with Crippen LogP contribution in [0, 0.1) is 10.1 Å². The number of nitrogens with one attached hydrogen (secondary N) is 1. The minimum Gasteiger partial charge on any atom is -0.480 e. The number of rotatable bonds is 8. The van der Waals surface area contributed by atoms with Crippen LogP contribution < -0.4 is 5.32 Å². The lowest BCUT2D eigenvalue weighted by Gasteiger charge is -2.12. The molecule has 2 N–H and O–H groups in total. The standard InChI is InChI=1S/C11H14N2O6S/c1-7(14)12-9(11(15)16)4-5-20-6-8-2-3-10(19-8)13(17)18/h2-3,9H,4-6H2,1H3,(H,12,14)(H,15,16). The highest BCUT2D eigenvalue weighted by Gasteiger charge is 2.18. The molecule has 0 fully saturated rings. The Labute approximate surface area is 118 Å². The van der Waals surface area contributed by atoms with Crippen molar-refractivity contribution in [2.75, 3.05) is 5.75 Å². The van der Waals surface area contributed by atoms with Gasteiger partial charge in [-0.2, -0.15) is 11.8 Å². The lowest BCUT2D eigenvalue weighted by molar-refractivity contribution is -0.402. The number of thioether (sulfide) groups is 1. The first-order valence-corrected chi connectivity index (χ1v) is 6.86. The fourth-order valence-electron chi connectivity index (χ4n) is 1.42. The molecule has 1 aromatic heterocycles. The number of carboxylic acid groups (broad SMARTS) is 1. The first-order chi connectivity index (χ1) is 9.40. The molecule has 1 amide bonds. The average molecular weight is 302 g/mol. The van der Waals surface area contributed by atoms with Crippen molar-refractivity contribution in [3.05, 3.63) is 28.0 Å². The predicted octanol–water partition coefficient (Wildman–Crippen LogP) is 1.40. The number of nitrogens with zero attached hydrogens (tertiary/aromatic N) is 1. The van der Waals surface area contributed by atoms with Gasteiger partial charge in [-0.15, -0.1) is 0 Å². The summed E-state index contributed by atoms with van der Waals surface area (Å²) in [6, 6.07) is 1.85. The normalized spacial score (nSPS) is 11.8. The molecule has 0 spiro atoms. The lowest BCUT2D eigenvalue weighted by atomic mass is 10.2. The van der Waals surface area contributed by atoms with E-state index in [0.29, 0.717) is 17.3 Å². The van der Waals surface area contributed by atoms with Crippen LogP contribution in [0.15, 0.2) is 16.5 Å². The van der Waals surface area contributed by atoms with Crippen LogP contribution in [0.3, 0.4) is 0 Å². The van der Waals surface area contributed by atoms with E-state index < -0.39 is 22.8 Å². The Morgan fingerprint density at radius 2 is 2.25 bits per heavy atom. The number of carboxylic acids is 1. The number of nitro groups is 1. The molecule has 110 valence electrons. The number of aliphatic carboxylic acids is 1. The van der Waals surface area contributed by atoms with E-state index >= 15 is 0 Å². The summed E-state index contributed by atoms with van der Waals surface area (Å²) in [4.78, 5) is 31.5. The van der Waals surface area contributed by atoms with Crippen LogP contribution in [0.5, 0.6) is 0 Å². The molecule has 0 saturated carbocycles. The van der Waals surface area contributed by atoms with Crippen molar-refractivity contribution in [1.29, 1.82) is 0 Å². The summed E-state index contributed by atoms with van der Waals surface area (Å²) in [5.74, 6) is -0.472. The summed E-state index contributed by atoms with van der Waals surface area (Å²) in [5.41, 5.74) is 0. The third-order valence-electron chi connectivity index (χ3n) is 2.30. The van der Waals surface area contributed by atoms with E-state index in [1.165, 1.54) is 30.8 Å². The van der Waals surface area contributed by atoms with Crippen LogP contribution in [0.1, 0.15) is 19.1 Å². The fourth-order valence-corrected chi connectivity index (χ4v) is 2.32. The third-order valence-corrected chi connectivity index (χ3v) is 3.31. The minimum atomic E-state index is -1.09. The van der Waals surface area contributed by atoms with Gasteiger partial charge in [0.25, 0.3) is 0 Å². The van der Waals surface area contributed by atoms with Crippen molar-refractivity contribution < 1.29 is 24.0 Å². The Morgan fingerprint density at radius 1 is 1.55 bits per heavy atom. The second-order valence-corrected chi connectivity index (χ2v) is 5.03. The highest BCUT2D eigenvalue weighted by atomic mass is 32.2. The van der Waals surface area contributed by atoms with Gasteiger partial charge in [-0.1, -0.05) is 0 Å². The van der Waals surface area contributed by atoms with Crippen molar-refractivity contribution in [2.24, 2.45) is 0 Å². The minimum absolute atomic E-state index is 0.266. The van der Waals surface area contributed by atoms with Crippen molar-refractivity contribution in [1.82, 2.24) is 5.32 Å². The van der Waals surface area contributed by atoms with Gasteiger partial charge in [0.2, 0.25) is 5.91 Å². The van der Waals surface area contributed by atoms with Gasteiger partial charge in [-0.05, 0) is 18.2 Å². The van der Waals surface area contributed by atoms with E-state index in [2.05, 4.69) is 5.32 Å². The van der Waals surface area contributed by atoms with Crippen molar-refractivity contribution in [3.8, 4) is 0 Å². The zero-order chi connectivity index (χ0) is 15.1. The summed E-state index contributed by atoms with van der Waals surface area (Å²) in [6.07, 6.45) is 0.266. The summed E-state index contributed by atoms with van der Waals surface area (Å²) in [7, 11) is 0. The molecule has 0 bridgehead atoms. The molecule has 0 aromatic carbocycles. The Kier molecular flexibility index (Phi) is 6.04. The zero-order valence-corrected chi connectivity index (χ0v) is 11.5. The number of amides is 1. The lowest BCUT2D eigenvalue weighted by Crippen LogP contribution is -2.39. The molecule has 0 saturated heterocycles. The molecular weight excluding hydrogens is 288 g/mol. The van der Waals surface area contributed by atoms with Crippen molar-refractivity contribution in [3.63, 3.8) is 0 Å². The van der Waals surface area contributed by atoms with Gasteiger partial charge in [0.1, 0.15) is 16.7 Å². The SMILES string of the molecule is CC(=O)NC(CCSCc1ccc([N+](=O)[O-])o1)C(=O)O. The molecule has 0 radical (unpaired) electrons. The van der Waals surface area contributed by atoms with E-state index in [1.54, 1.807) is 0 Å². The smallest absolute Gasteiger partial charge is 0.433 e. The summed E-state index contributed by atoms with van der Waals surface area (Å²) < 4.78 is 4.96. The van der Waals surface area contributed by atoms with Gasteiger partial charge in [0.05, 0.1) is 11.8 Å². The predicted molar refractivity (Wildman–Crippen MR) is 71.4 cm³/mol. The second-order valence-electron chi connectivity index (χ2n) is 3.93. The van der Waals surface area contributed by atoms with Gasteiger partial charge in [0.15, 0.2) is 0 Å². The highest BCUT2D eigenvalue weighted by molar-refractivity contribution is 7.98. The Morgan fingerprint density at radius 3 is 2.75 bits per heavy atom. The quantitative estimate of drug-likeness (QED) is 0.422. The van der Waals surface area contributed by atoms with Crippen LogP contribution in [0.25, 0.3) is 0 Å². The summed E-state index contributed by atoms with van der Waals surface area (Å²) in [6.45, 7) is 1.26. The van der Waals surface area contributed by atoms with Crippen molar-refractivity contribution in [2.45, 2.75) is 25.1 Å². The second kappa shape index (κ2) is 7.53. The molecule has 0 aliphatic rings. The maximum Gasteiger partial charge on any atom is 0.433 e. The molecule has 1 aromatic rings. The fraction of sp³-hybridized carbons (Fsp3) is 0.455. The highest BCUT2D eigenvalue weighted by Crippen LogP contribution is 2.20. The third kappa shape index (κ3) is 5.31. The Balaban J connectivity index is 2.34. The van der Waals surface area contributed by atoms with Crippen LogP contribution in [0.2, 0.25) is 0 Å². The maximum absolute atomic E-state index is 10.9. The molecule has 1 atom stereocenters. The monoisotopic (exact) mass is 302 g/mol. The molecule has 0 aliphatic heterocycles. The van der Waals surface area contributed by atoms with E-state index in [9.17, 15) is 19.7 Å². The van der Waals surface area contributed by atoms with Gasteiger partial charge in [-0.3, -0.25) is 14.9 Å². The molecule has 8 nitrogen and oxygen atoms in total. The van der Waals surface area contributed by atoms with E-state index in [4.69, 9.17) is 9.52 Å². The Hall–Kier alpha value is -2.03. The molecule has 1 rings (SSSR count). The molecule has 1 unspecified atom stereocenters. The molecule has 20 heavy (non-hydrogen) atoms. The number of carbonyl (C=O) groups is 2. The first-order valence-electron chi connectivity index (χ1n) is 5.71. The number of furan rings is 1. The Bertz CT molecular complexity index is 501. The van der Waals surface area contributed by atoms with Gasteiger partial charge in [-0.25, -0.2) is 4.79 Å². The van der Waals surface area contributed by atoms with E-state index in [0.717, 1.165) is 0 Å². The van der Waals surface area contributed by atoms with Crippen LogP contribution in [0.4, 0.5) is 5.88 Å². The van der Waals surface area contributed by atoms with E-state index in [1.807, 2.05) is 0 Å². The molecule has 9 heteroatoms. The van der Waals surface area contributed by atoms with E-state index in [-0.39, 0.29) is 12.3 Å². The number of carbonyl (C=O) groups excluding carboxylic acids is 1. The molecular formula is C11H14N2O6S. The van der Waals surface area contributed by atoms with Crippen molar-refractivity contribution >= 4 is 29.5 Å². The van der Waals surface area contributed by atoms with Crippen LogP contribution >= 0.6 is 11.8 Å². The molecule has 1 heterocycles. The van der Waals surface area contributed by atoms with Gasteiger partial charge in [0, 0.05) is 6.92 Å². The summed E-state index contributed by atoms with van der Waals surface area (Å²) >= 11 is 1.37. The first kappa shape index (κ1) is 16.0. The zero-order valence-electron chi connectivity index (χ0n) is 10.7.